The van der Waals surface area contributed by atoms with Gasteiger partial charge in [-0.15, -0.1) is 11.3 Å². The molecule has 5 heteroatoms. The second-order valence-electron chi connectivity index (χ2n) is 9.54. The van der Waals surface area contributed by atoms with Gasteiger partial charge in [0, 0.05) is 22.3 Å². The number of aromatic nitrogens is 1. The highest BCUT2D eigenvalue weighted by Crippen LogP contribution is 2.44. The third kappa shape index (κ3) is 3.64. The lowest BCUT2D eigenvalue weighted by Gasteiger charge is -2.31. The largest absolute Gasteiger partial charge is 0.322 e. The van der Waals surface area contributed by atoms with Crippen LogP contribution >= 0.6 is 11.3 Å². The van der Waals surface area contributed by atoms with E-state index in [-0.39, 0.29) is 12.1 Å². The molecule has 0 spiro atoms. The molecule has 1 aliphatic heterocycles. The van der Waals surface area contributed by atoms with E-state index in [0.29, 0.717) is 6.54 Å². The maximum absolute atomic E-state index is 13.9. The minimum absolute atomic E-state index is 0.0616. The minimum atomic E-state index is -0.168. The SMILES string of the molecule is Cc1cccc(NC(=O)N2Cc3c(sc4c3CCCC4)-n3cccc3[C@H]2c2cccc(C)c2)c1. The summed E-state index contributed by atoms with van der Waals surface area (Å²) < 4.78 is 2.34. The molecule has 0 saturated carbocycles. The van der Waals surface area contributed by atoms with Gasteiger partial charge in [0.2, 0.25) is 0 Å². The molecule has 6 rings (SSSR count). The summed E-state index contributed by atoms with van der Waals surface area (Å²) in [6, 6.07) is 20.7. The van der Waals surface area contributed by atoms with Crippen molar-refractivity contribution in [3.8, 4) is 5.00 Å². The molecule has 4 aromatic rings. The van der Waals surface area contributed by atoms with Crippen LogP contribution < -0.4 is 5.32 Å². The first kappa shape index (κ1) is 21.2. The van der Waals surface area contributed by atoms with Crippen molar-refractivity contribution in [2.24, 2.45) is 0 Å². The van der Waals surface area contributed by atoms with Gasteiger partial charge in [0.1, 0.15) is 5.00 Å². The molecule has 1 atom stereocenters. The first-order valence-electron chi connectivity index (χ1n) is 12.1. The Morgan fingerprint density at radius 2 is 1.74 bits per heavy atom. The number of benzene rings is 2. The van der Waals surface area contributed by atoms with Crippen molar-refractivity contribution in [3.05, 3.63) is 105 Å². The van der Waals surface area contributed by atoms with Crippen molar-refractivity contribution in [1.82, 2.24) is 9.47 Å². The number of rotatable bonds is 2. The standard InChI is InChI=1S/C29H29N3OS/c1-19-8-5-10-21(16-19)27-25-13-7-15-31(25)28-24(23-12-3-4-14-26(23)34-28)18-32(27)29(33)30-22-11-6-9-20(2)17-22/h5-11,13,15-17,27H,3-4,12,14,18H2,1-2H3,(H,30,33)/t27-/m1/s1. The molecular weight excluding hydrogens is 438 g/mol. The number of amides is 2. The van der Waals surface area contributed by atoms with Crippen molar-refractivity contribution < 1.29 is 4.79 Å². The second-order valence-corrected chi connectivity index (χ2v) is 10.6. The van der Waals surface area contributed by atoms with E-state index in [2.05, 4.69) is 59.4 Å². The van der Waals surface area contributed by atoms with Crippen LogP contribution in [-0.4, -0.2) is 15.5 Å². The predicted octanol–water partition coefficient (Wildman–Crippen LogP) is 7.17. The number of nitrogens with zero attached hydrogens (tertiary/aromatic N) is 2. The monoisotopic (exact) mass is 467 g/mol. The van der Waals surface area contributed by atoms with Crippen molar-refractivity contribution >= 4 is 23.1 Å². The van der Waals surface area contributed by atoms with Gasteiger partial charge in [-0.2, -0.15) is 0 Å². The van der Waals surface area contributed by atoms with Gasteiger partial charge < -0.3 is 14.8 Å². The van der Waals surface area contributed by atoms with Crippen molar-refractivity contribution in [2.75, 3.05) is 5.32 Å². The van der Waals surface area contributed by atoms with E-state index in [1.54, 1.807) is 0 Å². The van der Waals surface area contributed by atoms with E-state index < -0.39 is 0 Å². The zero-order valence-electron chi connectivity index (χ0n) is 19.7. The first-order valence-corrected chi connectivity index (χ1v) is 12.9. The Balaban J connectivity index is 1.51. The smallest absolute Gasteiger partial charge is 0.310 e. The van der Waals surface area contributed by atoms with Crippen molar-refractivity contribution in [3.63, 3.8) is 0 Å². The number of nitrogens with one attached hydrogen (secondary N) is 1. The molecule has 0 unspecified atom stereocenters. The van der Waals surface area contributed by atoms with Gasteiger partial charge in [-0.25, -0.2) is 4.79 Å². The molecule has 3 heterocycles. The second kappa shape index (κ2) is 8.48. The highest BCUT2D eigenvalue weighted by atomic mass is 32.1. The Hall–Kier alpha value is -3.31. The van der Waals surface area contributed by atoms with E-state index in [1.165, 1.54) is 39.4 Å². The van der Waals surface area contributed by atoms with Gasteiger partial charge in [0.05, 0.1) is 18.3 Å². The van der Waals surface area contributed by atoms with Gasteiger partial charge in [-0.3, -0.25) is 0 Å². The lowest BCUT2D eigenvalue weighted by Crippen LogP contribution is -2.38. The third-order valence-corrected chi connectivity index (χ3v) is 8.40. The zero-order valence-corrected chi connectivity index (χ0v) is 20.5. The third-order valence-electron chi connectivity index (χ3n) is 7.07. The summed E-state index contributed by atoms with van der Waals surface area (Å²) in [5.74, 6) is 0. The Morgan fingerprint density at radius 3 is 2.56 bits per heavy atom. The Kier molecular flexibility index (Phi) is 5.30. The molecule has 2 aromatic carbocycles. The molecule has 2 aromatic heterocycles. The molecular formula is C29H29N3OS. The summed E-state index contributed by atoms with van der Waals surface area (Å²) in [6.45, 7) is 4.77. The Labute approximate surface area is 204 Å². The fraction of sp³-hybridized carbons (Fsp3) is 0.276. The number of carbonyl (C=O) groups is 1. The van der Waals surface area contributed by atoms with Crippen LogP contribution in [0.5, 0.6) is 0 Å². The zero-order chi connectivity index (χ0) is 23.2. The predicted molar refractivity (Wildman–Crippen MR) is 139 cm³/mol. The lowest BCUT2D eigenvalue weighted by atomic mass is 9.95. The quantitative estimate of drug-likeness (QED) is 0.333. The van der Waals surface area contributed by atoms with E-state index in [0.717, 1.165) is 35.3 Å². The molecule has 1 aliphatic carbocycles. The molecule has 172 valence electrons. The van der Waals surface area contributed by atoms with Gasteiger partial charge >= 0.3 is 6.03 Å². The van der Waals surface area contributed by atoms with Crippen LogP contribution in [0.2, 0.25) is 0 Å². The number of thiophene rings is 1. The maximum Gasteiger partial charge on any atom is 0.322 e. The van der Waals surface area contributed by atoms with E-state index in [1.807, 2.05) is 47.4 Å². The summed E-state index contributed by atoms with van der Waals surface area (Å²) in [5, 5.41) is 4.49. The first-order chi connectivity index (χ1) is 16.6. The molecule has 0 bridgehead atoms. The van der Waals surface area contributed by atoms with Crippen LogP contribution in [0.1, 0.15) is 57.3 Å². The van der Waals surface area contributed by atoms with Gasteiger partial charge in [-0.05, 0) is 80.5 Å². The average molecular weight is 468 g/mol. The van der Waals surface area contributed by atoms with Crippen LogP contribution in [0.4, 0.5) is 10.5 Å². The fourth-order valence-electron chi connectivity index (χ4n) is 5.50. The van der Waals surface area contributed by atoms with Crippen molar-refractivity contribution in [1.29, 1.82) is 0 Å². The summed E-state index contributed by atoms with van der Waals surface area (Å²) >= 11 is 1.92. The van der Waals surface area contributed by atoms with Crippen LogP contribution in [0.15, 0.2) is 66.9 Å². The normalized spacial score (nSPS) is 16.9. The lowest BCUT2D eigenvalue weighted by molar-refractivity contribution is 0.194. The number of urea groups is 1. The Morgan fingerprint density at radius 1 is 0.941 bits per heavy atom. The minimum Gasteiger partial charge on any atom is -0.310 e. The van der Waals surface area contributed by atoms with Crippen LogP contribution in [0, 0.1) is 13.8 Å². The topological polar surface area (TPSA) is 37.3 Å². The van der Waals surface area contributed by atoms with E-state index >= 15 is 0 Å². The van der Waals surface area contributed by atoms with Gasteiger partial charge in [0.25, 0.3) is 0 Å². The van der Waals surface area contributed by atoms with E-state index in [9.17, 15) is 4.79 Å². The molecule has 34 heavy (non-hydrogen) atoms. The number of fused-ring (bicyclic) bond motifs is 5. The number of aryl methyl sites for hydroxylation is 3. The highest BCUT2D eigenvalue weighted by Gasteiger charge is 2.36. The summed E-state index contributed by atoms with van der Waals surface area (Å²) in [7, 11) is 0. The molecule has 2 amide bonds. The summed E-state index contributed by atoms with van der Waals surface area (Å²) in [5.41, 5.74) is 8.25. The van der Waals surface area contributed by atoms with Gasteiger partial charge in [-0.1, -0.05) is 42.0 Å². The maximum atomic E-state index is 13.9. The molecule has 4 nitrogen and oxygen atoms in total. The fourth-order valence-corrected chi connectivity index (χ4v) is 6.90. The molecule has 2 aliphatic rings. The Bertz CT molecular complexity index is 1380. The number of hydrogen-bond acceptors (Lipinski definition) is 2. The number of hydrogen-bond donors (Lipinski definition) is 1. The molecule has 0 radical (unpaired) electrons. The molecule has 0 fully saturated rings. The van der Waals surface area contributed by atoms with Crippen LogP contribution in [0.25, 0.3) is 5.00 Å². The van der Waals surface area contributed by atoms with E-state index in [4.69, 9.17) is 0 Å². The van der Waals surface area contributed by atoms with Crippen LogP contribution in [0.3, 0.4) is 0 Å². The summed E-state index contributed by atoms with van der Waals surface area (Å²) in [6.07, 6.45) is 6.92. The number of anilines is 1. The van der Waals surface area contributed by atoms with Crippen molar-refractivity contribution in [2.45, 2.75) is 52.1 Å². The average Bonchev–Trinajstić information content (AvgIpc) is 3.41. The summed E-state index contributed by atoms with van der Waals surface area (Å²) in [4.78, 5) is 17.5. The highest BCUT2D eigenvalue weighted by molar-refractivity contribution is 7.15. The number of carbonyl (C=O) groups excluding carboxylic acids is 1. The molecule has 1 N–H and O–H groups in total. The molecule has 0 saturated heterocycles. The van der Waals surface area contributed by atoms with Crippen LogP contribution in [-0.2, 0) is 19.4 Å². The van der Waals surface area contributed by atoms with Gasteiger partial charge in [0.15, 0.2) is 0 Å².